The second-order valence-electron chi connectivity index (χ2n) is 3.61. The normalized spacial score (nSPS) is 10.7. The smallest absolute Gasteiger partial charge is 0.374 e. The first-order chi connectivity index (χ1) is 9.04. The van der Waals surface area contributed by atoms with Crippen LogP contribution in [0.4, 0.5) is 8.78 Å². The highest BCUT2D eigenvalue weighted by Crippen LogP contribution is 2.37. The number of hydrogen-bond acceptors (Lipinski definition) is 4. The molecule has 0 amide bonds. The summed E-state index contributed by atoms with van der Waals surface area (Å²) in [6.07, 6.45) is -2.74. The Morgan fingerprint density at radius 2 is 2.21 bits per heavy atom. The van der Waals surface area contributed by atoms with Crippen LogP contribution in [0.5, 0.6) is 5.75 Å². The molecule has 0 aliphatic carbocycles. The van der Waals surface area contributed by atoms with Crippen LogP contribution in [0.25, 0.3) is 11.3 Å². The Hall–Kier alpha value is -2.44. The van der Waals surface area contributed by atoms with Crippen LogP contribution in [0.1, 0.15) is 22.5 Å². The Morgan fingerprint density at radius 3 is 2.74 bits per heavy atom. The topological polar surface area (TPSA) is 72.6 Å². The Labute approximate surface area is 106 Å². The summed E-state index contributed by atoms with van der Waals surface area (Å²) in [6, 6.07) is 5.20. The molecule has 2 rings (SSSR count). The van der Waals surface area contributed by atoms with Crippen LogP contribution < -0.4 is 4.74 Å². The molecule has 0 radical (unpaired) electrons. The van der Waals surface area contributed by atoms with Gasteiger partial charge in [-0.25, -0.2) is 13.6 Å². The van der Waals surface area contributed by atoms with E-state index >= 15 is 0 Å². The Kier molecular flexibility index (Phi) is 3.46. The Morgan fingerprint density at radius 1 is 1.47 bits per heavy atom. The van der Waals surface area contributed by atoms with Crippen molar-refractivity contribution in [1.82, 2.24) is 5.16 Å². The lowest BCUT2D eigenvalue weighted by Crippen LogP contribution is -1.95. The third kappa shape index (κ3) is 2.40. The van der Waals surface area contributed by atoms with E-state index in [-0.39, 0.29) is 22.6 Å². The van der Waals surface area contributed by atoms with Gasteiger partial charge in [0.15, 0.2) is 0 Å². The number of ether oxygens (including phenoxy) is 1. The summed E-state index contributed by atoms with van der Waals surface area (Å²) in [5.41, 5.74) is -0.286. The summed E-state index contributed by atoms with van der Waals surface area (Å²) in [5, 5.41) is 12.2. The van der Waals surface area contributed by atoms with Crippen LogP contribution >= 0.6 is 0 Å². The van der Waals surface area contributed by atoms with Gasteiger partial charge < -0.3 is 14.4 Å². The van der Waals surface area contributed by atoms with Crippen LogP contribution in [0.3, 0.4) is 0 Å². The first-order valence-electron chi connectivity index (χ1n) is 5.20. The van der Waals surface area contributed by atoms with Gasteiger partial charge in [-0.15, -0.1) is 0 Å². The number of rotatable bonds is 4. The molecular weight excluding hydrogens is 260 g/mol. The van der Waals surface area contributed by atoms with E-state index < -0.39 is 18.2 Å². The zero-order valence-corrected chi connectivity index (χ0v) is 9.76. The number of carboxylic acid groups (broad SMARTS) is 1. The van der Waals surface area contributed by atoms with Crippen LogP contribution in [-0.4, -0.2) is 23.3 Å². The van der Waals surface area contributed by atoms with Crippen molar-refractivity contribution in [2.24, 2.45) is 0 Å². The van der Waals surface area contributed by atoms with E-state index in [1.807, 2.05) is 0 Å². The number of carboxylic acids is 1. The predicted octanol–water partition coefficient (Wildman–Crippen LogP) is 2.99. The third-order valence-corrected chi connectivity index (χ3v) is 2.49. The van der Waals surface area contributed by atoms with E-state index in [1.165, 1.54) is 25.3 Å². The molecule has 1 heterocycles. The van der Waals surface area contributed by atoms with Crippen molar-refractivity contribution in [1.29, 1.82) is 0 Å². The molecule has 0 unspecified atom stereocenters. The quantitative estimate of drug-likeness (QED) is 0.923. The Bertz CT molecular complexity index is 610. The van der Waals surface area contributed by atoms with E-state index in [0.29, 0.717) is 0 Å². The van der Waals surface area contributed by atoms with Gasteiger partial charge in [-0.3, -0.25) is 0 Å². The summed E-state index contributed by atoms with van der Waals surface area (Å²) in [4.78, 5) is 10.7. The van der Waals surface area contributed by atoms with Gasteiger partial charge in [-0.1, -0.05) is 17.3 Å². The molecule has 5 nitrogen and oxygen atoms in total. The molecular formula is C12H9F2NO4. The van der Waals surface area contributed by atoms with E-state index in [4.69, 9.17) is 9.84 Å². The molecule has 0 bridgehead atoms. The van der Waals surface area contributed by atoms with Crippen LogP contribution in [0.2, 0.25) is 0 Å². The van der Waals surface area contributed by atoms with Crippen molar-refractivity contribution in [3.8, 4) is 17.0 Å². The molecule has 0 saturated carbocycles. The van der Waals surface area contributed by atoms with Crippen LogP contribution in [0.15, 0.2) is 28.8 Å². The summed E-state index contributed by atoms with van der Waals surface area (Å²) in [7, 11) is 1.33. The van der Waals surface area contributed by atoms with Crippen molar-refractivity contribution in [3.05, 3.63) is 35.6 Å². The van der Waals surface area contributed by atoms with Crippen LogP contribution in [-0.2, 0) is 0 Å². The van der Waals surface area contributed by atoms with Crippen molar-refractivity contribution in [3.63, 3.8) is 0 Å². The van der Waals surface area contributed by atoms with Gasteiger partial charge in [0.05, 0.1) is 12.7 Å². The SMILES string of the molecule is COc1cccc(C(F)F)c1-c1cc(C(=O)O)on1. The molecule has 0 aliphatic rings. The number of hydrogen-bond donors (Lipinski definition) is 1. The second-order valence-corrected chi connectivity index (χ2v) is 3.61. The number of aromatic nitrogens is 1. The highest BCUT2D eigenvalue weighted by Gasteiger charge is 2.22. The highest BCUT2D eigenvalue weighted by molar-refractivity contribution is 5.86. The number of nitrogens with zero attached hydrogens (tertiary/aromatic N) is 1. The fourth-order valence-corrected chi connectivity index (χ4v) is 1.67. The maximum absolute atomic E-state index is 13.0. The third-order valence-electron chi connectivity index (χ3n) is 2.49. The van der Waals surface area contributed by atoms with Gasteiger partial charge in [0.2, 0.25) is 5.76 Å². The minimum absolute atomic E-state index is 0.00912. The lowest BCUT2D eigenvalue weighted by Gasteiger charge is -2.10. The lowest BCUT2D eigenvalue weighted by molar-refractivity contribution is 0.0652. The molecule has 2 aromatic rings. The zero-order valence-electron chi connectivity index (χ0n) is 9.76. The first kappa shape index (κ1) is 13.0. The maximum Gasteiger partial charge on any atom is 0.374 e. The van der Waals surface area contributed by atoms with Crippen molar-refractivity contribution < 1.29 is 27.9 Å². The van der Waals surface area contributed by atoms with Crippen LogP contribution in [0, 0.1) is 0 Å². The molecule has 0 atom stereocenters. The molecule has 19 heavy (non-hydrogen) atoms. The molecule has 0 aliphatic heterocycles. The molecule has 1 aromatic heterocycles. The molecule has 0 saturated heterocycles. The maximum atomic E-state index is 13.0. The van der Waals surface area contributed by atoms with Gasteiger partial charge in [0.1, 0.15) is 11.4 Å². The summed E-state index contributed by atoms with van der Waals surface area (Å²) in [5.74, 6) is -1.59. The number of aromatic carboxylic acids is 1. The largest absolute Gasteiger partial charge is 0.496 e. The van der Waals surface area contributed by atoms with E-state index in [9.17, 15) is 13.6 Å². The molecule has 1 N–H and O–H groups in total. The molecule has 0 spiro atoms. The monoisotopic (exact) mass is 269 g/mol. The van der Waals surface area contributed by atoms with E-state index in [1.54, 1.807) is 0 Å². The number of methoxy groups -OCH3 is 1. The molecule has 0 fully saturated rings. The van der Waals surface area contributed by atoms with Crippen molar-refractivity contribution in [2.45, 2.75) is 6.43 Å². The fourth-order valence-electron chi connectivity index (χ4n) is 1.67. The van der Waals surface area contributed by atoms with Gasteiger partial charge in [0, 0.05) is 11.6 Å². The van der Waals surface area contributed by atoms with E-state index in [0.717, 1.165) is 6.07 Å². The fraction of sp³-hybridized carbons (Fsp3) is 0.167. The average molecular weight is 269 g/mol. The number of alkyl halides is 2. The Balaban J connectivity index is 2.61. The summed E-state index contributed by atoms with van der Waals surface area (Å²) >= 11 is 0. The summed E-state index contributed by atoms with van der Waals surface area (Å²) in [6.45, 7) is 0. The molecule has 1 aromatic carbocycles. The zero-order chi connectivity index (χ0) is 14.0. The standard InChI is InChI=1S/C12H9F2NO4/c1-18-8-4-2-3-6(11(13)14)10(8)7-5-9(12(16)17)19-15-7/h2-5,11H,1H3,(H,16,17). The van der Waals surface area contributed by atoms with Gasteiger partial charge >= 0.3 is 5.97 Å². The van der Waals surface area contributed by atoms with Gasteiger partial charge in [0.25, 0.3) is 6.43 Å². The van der Waals surface area contributed by atoms with Crippen molar-refractivity contribution in [2.75, 3.05) is 7.11 Å². The average Bonchev–Trinajstić information content (AvgIpc) is 2.87. The summed E-state index contributed by atoms with van der Waals surface area (Å²) < 4.78 is 35.5. The van der Waals surface area contributed by atoms with Gasteiger partial charge in [-0.2, -0.15) is 0 Å². The number of carbonyl (C=O) groups is 1. The molecule has 7 heteroatoms. The lowest BCUT2D eigenvalue weighted by atomic mass is 10.0. The number of benzene rings is 1. The molecule has 100 valence electrons. The highest BCUT2D eigenvalue weighted by atomic mass is 19.3. The minimum Gasteiger partial charge on any atom is -0.496 e. The number of halogens is 2. The van der Waals surface area contributed by atoms with Crippen molar-refractivity contribution >= 4 is 5.97 Å². The second kappa shape index (κ2) is 5.05. The first-order valence-corrected chi connectivity index (χ1v) is 5.20. The minimum atomic E-state index is -2.74. The predicted molar refractivity (Wildman–Crippen MR) is 60.4 cm³/mol. The van der Waals surface area contributed by atoms with E-state index in [2.05, 4.69) is 9.68 Å². The van der Waals surface area contributed by atoms with Gasteiger partial charge in [-0.05, 0) is 6.07 Å².